The Kier molecular flexibility index (Phi) is 6.86. The molecule has 2 aromatic carbocycles. The molecule has 0 unspecified atom stereocenters. The first-order valence-corrected chi connectivity index (χ1v) is 11.3. The van der Waals surface area contributed by atoms with Gasteiger partial charge in [0.15, 0.2) is 0 Å². The molecule has 28 heavy (non-hydrogen) atoms. The first-order chi connectivity index (χ1) is 13.5. The van der Waals surface area contributed by atoms with E-state index in [0.29, 0.717) is 37.4 Å². The standard InChI is InChI=1S/C22H28N2O3S/c1-2-15-23(18-19-9-5-3-6-10-19)22(25)20-13-16-24(17-14-20)28(26,27)21-11-7-4-8-12-21/h3-12,20H,2,13-18H2,1H3. The van der Waals surface area contributed by atoms with Crippen molar-refractivity contribution >= 4 is 15.9 Å². The molecule has 0 atom stereocenters. The summed E-state index contributed by atoms with van der Waals surface area (Å²) in [5, 5.41) is 0. The second-order valence-electron chi connectivity index (χ2n) is 7.24. The van der Waals surface area contributed by atoms with Crippen LogP contribution in [0, 0.1) is 5.92 Å². The third kappa shape index (κ3) is 4.80. The Morgan fingerprint density at radius 3 is 2.14 bits per heavy atom. The van der Waals surface area contributed by atoms with Crippen LogP contribution in [0.2, 0.25) is 0 Å². The third-order valence-electron chi connectivity index (χ3n) is 5.21. The summed E-state index contributed by atoms with van der Waals surface area (Å²) >= 11 is 0. The summed E-state index contributed by atoms with van der Waals surface area (Å²) in [5.41, 5.74) is 1.12. The highest BCUT2D eigenvalue weighted by Gasteiger charge is 2.33. The monoisotopic (exact) mass is 400 g/mol. The van der Waals surface area contributed by atoms with Gasteiger partial charge in [0.2, 0.25) is 15.9 Å². The number of carbonyl (C=O) groups is 1. The molecule has 0 spiro atoms. The summed E-state index contributed by atoms with van der Waals surface area (Å²) in [4.78, 5) is 15.3. The zero-order valence-corrected chi connectivity index (χ0v) is 17.1. The Hall–Kier alpha value is -2.18. The van der Waals surface area contributed by atoms with E-state index in [2.05, 4.69) is 6.92 Å². The van der Waals surface area contributed by atoms with Gasteiger partial charge in [0.05, 0.1) is 4.90 Å². The predicted octanol–water partition coefficient (Wildman–Crippen LogP) is 3.53. The molecule has 0 bridgehead atoms. The lowest BCUT2D eigenvalue weighted by molar-refractivity contribution is -0.137. The smallest absolute Gasteiger partial charge is 0.243 e. The van der Waals surface area contributed by atoms with Crippen molar-refractivity contribution in [1.29, 1.82) is 0 Å². The average Bonchev–Trinajstić information content (AvgIpc) is 2.74. The Labute approximate surface area is 168 Å². The second-order valence-corrected chi connectivity index (χ2v) is 9.17. The highest BCUT2D eigenvalue weighted by molar-refractivity contribution is 7.89. The van der Waals surface area contributed by atoms with Gasteiger partial charge in [-0.05, 0) is 37.0 Å². The molecule has 3 rings (SSSR count). The molecule has 1 heterocycles. The van der Waals surface area contributed by atoms with E-state index in [1.165, 1.54) is 4.31 Å². The highest BCUT2D eigenvalue weighted by atomic mass is 32.2. The van der Waals surface area contributed by atoms with E-state index in [9.17, 15) is 13.2 Å². The van der Waals surface area contributed by atoms with Crippen molar-refractivity contribution < 1.29 is 13.2 Å². The molecule has 6 heteroatoms. The number of carbonyl (C=O) groups excluding carboxylic acids is 1. The number of benzene rings is 2. The van der Waals surface area contributed by atoms with E-state index >= 15 is 0 Å². The first kappa shape index (κ1) is 20.6. The largest absolute Gasteiger partial charge is 0.338 e. The van der Waals surface area contributed by atoms with Crippen molar-refractivity contribution in [2.45, 2.75) is 37.6 Å². The van der Waals surface area contributed by atoms with Crippen LogP contribution in [0.25, 0.3) is 0 Å². The van der Waals surface area contributed by atoms with Crippen LogP contribution >= 0.6 is 0 Å². The normalized spacial score (nSPS) is 16.0. The maximum absolute atomic E-state index is 13.1. The van der Waals surface area contributed by atoms with E-state index in [1.54, 1.807) is 30.3 Å². The summed E-state index contributed by atoms with van der Waals surface area (Å²) in [7, 11) is -3.48. The van der Waals surface area contributed by atoms with Gasteiger partial charge in [-0.1, -0.05) is 55.5 Å². The summed E-state index contributed by atoms with van der Waals surface area (Å²) in [5.74, 6) is 0.0277. The minimum absolute atomic E-state index is 0.113. The van der Waals surface area contributed by atoms with E-state index in [-0.39, 0.29) is 11.8 Å². The van der Waals surface area contributed by atoms with Gasteiger partial charge >= 0.3 is 0 Å². The molecule has 1 fully saturated rings. The lowest BCUT2D eigenvalue weighted by atomic mass is 9.96. The number of hydrogen-bond donors (Lipinski definition) is 0. The van der Waals surface area contributed by atoms with Crippen LogP contribution in [0.5, 0.6) is 0 Å². The zero-order chi connectivity index (χ0) is 20.0. The SMILES string of the molecule is CCCN(Cc1ccccc1)C(=O)C1CCN(S(=O)(=O)c2ccccc2)CC1. The van der Waals surface area contributed by atoms with E-state index in [0.717, 1.165) is 18.5 Å². The molecular weight excluding hydrogens is 372 g/mol. The topological polar surface area (TPSA) is 57.7 Å². The predicted molar refractivity (Wildman–Crippen MR) is 110 cm³/mol. The third-order valence-corrected chi connectivity index (χ3v) is 7.12. The fraction of sp³-hybridized carbons (Fsp3) is 0.409. The quantitative estimate of drug-likeness (QED) is 0.714. The molecule has 0 radical (unpaired) electrons. The molecule has 1 aliphatic heterocycles. The van der Waals surface area contributed by atoms with E-state index < -0.39 is 10.0 Å². The molecule has 1 amide bonds. The average molecular weight is 401 g/mol. The molecule has 0 saturated carbocycles. The first-order valence-electron chi connectivity index (χ1n) is 9.90. The fourth-order valence-corrected chi connectivity index (χ4v) is 5.17. The molecule has 150 valence electrons. The van der Waals surface area contributed by atoms with E-state index in [1.807, 2.05) is 35.2 Å². The van der Waals surface area contributed by atoms with Gasteiger partial charge in [0.1, 0.15) is 0 Å². The minimum atomic E-state index is -3.48. The van der Waals surface area contributed by atoms with Crippen molar-refractivity contribution in [3.8, 4) is 0 Å². The van der Waals surface area contributed by atoms with Gasteiger partial charge in [-0.3, -0.25) is 4.79 Å². The molecule has 2 aromatic rings. The molecule has 0 aliphatic carbocycles. The molecule has 1 saturated heterocycles. The van der Waals surface area contributed by atoms with Crippen molar-refractivity contribution in [2.24, 2.45) is 5.92 Å². The number of amides is 1. The summed E-state index contributed by atoms with van der Waals surface area (Å²) in [6, 6.07) is 18.5. The number of nitrogens with zero attached hydrogens (tertiary/aromatic N) is 2. The van der Waals surface area contributed by atoms with Crippen molar-refractivity contribution in [2.75, 3.05) is 19.6 Å². The van der Waals surface area contributed by atoms with Crippen LogP contribution < -0.4 is 0 Å². The van der Waals surface area contributed by atoms with Gasteiger partial charge in [-0.25, -0.2) is 8.42 Å². The van der Waals surface area contributed by atoms with Crippen molar-refractivity contribution in [3.05, 3.63) is 66.2 Å². The molecular formula is C22H28N2O3S. The van der Waals surface area contributed by atoms with Gasteiger partial charge in [-0.15, -0.1) is 0 Å². The van der Waals surface area contributed by atoms with Gasteiger partial charge in [0, 0.05) is 32.1 Å². The van der Waals surface area contributed by atoms with Gasteiger partial charge in [-0.2, -0.15) is 4.31 Å². The zero-order valence-electron chi connectivity index (χ0n) is 16.3. The van der Waals surface area contributed by atoms with Crippen molar-refractivity contribution in [3.63, 3.8) is 0 Å². The van der Waals surface area contributed by atoms with Crippen LogP contribution in [0.1, 0.15) is 31.7 Å². The molecule has 1 aliphatic rings. The number of sulfonamides is 1. The van der Waals surface area contributed by atoms with Gasteiger partial charge in [0.25, 0.3) is 0 Å². The van der Waals surface area contributed by atoms with Crippen LogP contribution in [0.3, 0.4) is 0 Å². The van der Waals surface area contributed by atoms with Crippen LogP contribution in [0.15, 0.2) is 65.6 Å². The molecule has 5 nitrogen and oxygen atoms in total. The number of piperidine rings is 1. The van der Waals surface area contributed by atoms with E-state index in [4.69, 9.17) is 0 Å². The minimum Gasteiger partial charge on any atom is -0.338 e. The highest BCUT2D eigenvalue weighted by Crippen LogP contribution is 2.25. The Morgan fingerprint density at radius 2 is 1.57 bits per heavy atom. The molecule has 0 N–H and O–H groups in total. The van der Waals surface area contributed by atoms with Crippen molar-refractivity contribution in [1.82, 2.24) is 9.21 Å². The Bertz CT molecular complexity index is 861. The van der Waals surface area contributed by atoms with Crippen LogP contribution in [-0.4, -0.2) is 43.2 Å². The number of hydrogen-bond acceptors (Lipinski definition) is 3. The fourth-order valence-electron chi connectivity index (χ4n) is 3.68. The second kappa shape index (κ2) is 9.34. The number of rotatable bonds is 7. The Balaban J connectivity index is 1.63. The maximum atomic E-state index is 13.1. The summed E-state index contributed by atoms with van der Waals surface area (Å²) < 4.78 is 27.1. The summed E-state index contributed by atoms with van der Waals surface area (Å²) in [6.45, 7) is 4.17. The van der Waals surface area contributed by atoms with Crippen LogP contribution in [0.4, 0.5) is 0 Å². The lowest BCUT2D eigenvalue weighted by Crippen LogP contribution is -2.44. The lowest BCUT2D eigenvalue weighted by Gasteiger charge is -2.33. The Morgan fingerprint density at radius 1 is 1.00 bits per heavy atom. The maximum Gasteiger partial charge on any atom is 0.243 e. The van der Waals surface area contributed by atoms with Crippen LogP contribution in [-0.2, 0) is 21.4 Å². The van der Waals surface area contributed by atoms with Gasteiger partial charge < -0.3 is 4.90 Å². The molecule has 0 aromatic heterocycles. The summed E-state index contributed by atoms with van der Waals surface area (Å²) in [6.07, 6.45) is 2.04.